The number of halogens is 3. The average molecular weight is 302 g/mol. The van der Waals surface area contributed by atoms with E-state index in [2.05, 4.69) is 10.6 Å². The average Bonchev–Trinajstić information content (AvgIpc) is 2.17. The first-order valence-corrected chi connectivity index (χ1v) is 6.40. The van der Waals surface area contributed by atoms with E-state index in [1.807, 2.05) is 0 Å². The molecule has 5 nitrogen and oxygen atoms in total. The molecule has 0 spiro atoms. The van der Waals surface area contributed by atoms with Crippen LogP contribution in [0.25, 0.3) is 0 Å². The van der Waals surface area contributed by atoms with E-state index in [0.29, 0.717) is 0 Å². The van der Waals surface area contributed by atoms with Crippen LogP contribution in [0.1, 0.15) is 20.8 Å². The molecule has 0 aliphatic heterocycles. The maximum Gasteiger partial charge on any atom is 0.441 e. The Bertz CT molecular complexity index is 329. The normalized spacial score (nSPS) is 13.8. The summed E-state index contributed by atoms with van der Waals surface area (Å²) in [5.74, 6) is -1.53. The number of nitrogens with one attached hydrogen (secondary N) is 2. The molecule has 0 rings (SSSR count). The number of hydrogen-bond acceptors (Lipinski definition) is 3. The molecule has 1 atom stereocenters. The second-order valence-corrected chi connectivity index (χ2v) is 5.99. The molecule has 9 heteroatoms. The molecule has 0 fully saturated rings. The van der Waals surface area contributed by atoms with Crippen LogP contribution in [0.15, 0.2) is 0 Å². The fraction of sp³-hybridized carbons (Fsp3) is 0.800. The number of amides is 2. The summed E-state index contributed by atoms with van der Waals surface area (Å²) in [5, 5.41) is 13.3. The molecule has 0 radical (unpaired) electrons. The van der Waals surface area contributed by atoms with Crippen molar-refractivity contribution in [1.29, 1.82) is 0 Å². The topological polar surface area (TPSA) is 78.4 Å². The zero-order valence-electron chi connectivity index (χ0n) is 10.8. The van der Waals surface area contributed by atoms with Gasteiger partial charge in [-0.25, -0.2) is 9.59 Å². The van der Waals surface area contributed by atoms with Crippen molar-refractivity contribution in [3.8, 4) is 0 Å². The smallest absolute Gasteiger partial charge is 0.441 e. The maximum absolute atomic E-state index is 11.8. The molecule has 0 bridgehead atoms. The molecule has 0 aliphatic rings. The Hall–Kier alpha value is -1.12. The second-order valence-electron chi connectivity index (χ2n) is 4.83. The van der Waals surface area contributed by atoms with Gasteiger partial charge in [-0.2, -0.15) is 13.2 Å². The summed E-state index contributed by atoms with van der Waals surface area (Å²) in [6.07, 6.45) is 0. The van der Waals surface area contributed by atoms with Crippen LogP contribution in [-0.2, 0) is 4.79 Å². The molecule has 0 aliphatic carbocycles. The minimum Gasteiger partial charge on any atom is -0.480 e. The van der Waals surface area contributed by atoms with E-state index in [0.717, 1.165) is 0 Å². The summed E-state index contributed by atoms with van der Waals surface area (Å²) in [4.78, 5) is 22.3. The predicted octanol–water partition coefficient (Wildman–Crippen LogP) is 2.04. The maximum atomic E-state index is 11.8. The highest BCUT2D eigenvalue weighted by molar-refractivity contribution is 8.00. The number of alkyl halides is 3. The van der Waals surface area contributed by atoms with Crippen molar-refractivity contribution in [2.45, 2.75) is 32.3 Å². The van der Waals surface area contributed by atoms with Gasteiger partial charge in [0.05, 0.1) is 0 Å². The molecule has 0 saturated heterocycles. The van der Waals surface area contributed by atoms with Gasteiger partial charge < -0.3 is 15.7 Å². The molecule has 0 unspecified atom stereocenters. The Labute approximate surface area is 113 Å². The lowest BCUT2D eigenvalue weighted by atomic mass is 9.87. The van der Waals surface area contributed by atoms with Crippen LogP contribution in [-0.4, -0.2) is 41.0 Å². The largest absolute Gasteiger partial charge is 0.480 e. The second kappa shape index (κ2) is 6.88. The number of carbonyl (C=O) groups is 2. The van der Waals surface area contributed by atoms with E-state index in [9.17, 15) is 22.8 Å². The highest BCUT2D eigenvalue weighted by atomic mass is 32.2. The summed E-state index contributed by atoms with van der Waals surface area (Å²) in [6, 6.07) is -1.92. The highest BCUT2D eigenvalue weighted by Gasteiger charge is 2.32. The van der Waals surface area contributed by atoms with Gasteiger partial charge >= 0.3 is 17.5 Å². The molecule has 0 heterocycles. The summed E-state index contributed by atoms with van der Waals surface area (Å²) in [7, 11) is 0. The Morgan fingerprint density at radius 2 is 1.79 bits per heavy atom. The molecule has 2 amide bonds. The molecular weight excluding hydrogens is 285 g/mol. The molecule has 3 N–H and O–H groups in total. The first-order valence-electron chi connectivity index (χ1n) is 5.41. The molecule has 0 aromatic rings. The lowest BCUT2D eigenvalue weighted by Gasteiger charge is -2.27. The van der Waals surface area contributed by atoms with Gasteiger partial charge in [0.2, 0.25) is 0 Å². The predicted molar refractivity (Wildman–Crippen MR) is 65.9 cm³/mol. The van der Waals surface area contributed by atoms with E-state index in [-0.39, 0.29) is 24.1 Å². The number of carbonyl (C=O) groups excluding carboxylic acids is 1. The number of carboxylic acid groups (broad SMARTS) is 1. The fourth-order valence-electron chi connectivity index (χ4n) is 1.16. The van der Waals surface area contributed by atoms with Gasteiger partial charge in [0, 0.05) is 12.3 Å². The molecule has 0 aromatic carbocycles. The number of rotatable bonds is 5. The molecule has 112 valence electrons. The Kier molecular flexibility index (Phi) is 6.47. The van der Waals surface area contributed by atoms with Crippen LogP contribution >= 0.6 is 11.8 Å². The third-order valence-corrected chi connectivity index (χ3v) is 2.78. The van der Waals surface area contributed by atoms with E-state index in [1.54, 1.807) is 20.8 Å². The Morgan fingerprint density at radius 3 is 2.16 bits per heavy atom. The summed E-state index contributed by atoms with van der Waals surface area (Å²) in [5.41, 5.74) is -5.04. The van der Waals surface area contributed by atoms with E-state index in [1.165, 1.54) is 0 Å². The van der Waals surface area contributed by atoms with Gasteiger partial charge in [0.25, 0.3) is 0 Å². The van der Waals surface area contributed by atoms with Gasteiger partial charge in [-0.05, 0) is 17.2 Å². The van der Waals surface area contributed by atoms with Gasteiger partial charge in [-0.15, -0.1) is 0 Å². The number of thioether (sulfide) groups is 1. The van der Waals surface area contributed by atoms with Crippen LogP contribution < -0.4 is 10.6 Å². The van der Waals surface area contributed by atoms with Crippen molar-refractivity contribution in [1.82, 2.24) is 10.6 Å². The first kappa shape index (κ1) is 17.9. The van der Waals surface area contributed by atoms with Gasteiger partial charge in [-0.1, -0.05) is 20.8 Å². The highest BCUT2D eigenvalue weighted by Crippen LogP contribution is 2.29. The van der Waals surface area contributed by atoms with Crippen molar-refractivity contribution in [2.24, 2.45) is 5.41 Å². The monoisotopic (exact) mass is 302 g/mol. The third-order valence-electron chi connectivity index (χ3n) is 2.04. The van der Waals surface area contributed by atoms with Gasteiger partial charge in [0.1, 0.15) is 6.04 Å². The van der Waals surface area contributed by atoms with Crippen LogP contribution in [0.2, 0.25) is 0 Å². The fourth-order valence-corrected chi connectivity index (χ4v) is 1.60. The summed E-state index contributed by atoms with van der Waals surface area (Å²) >= 11 is -0.253. The minimum atomic E-state index is -4.34. The standard InChI is InChI=1S/C10H17F3N2O3S/c1-9(2,3)6(7(16)17)15-8(18)14-4-5-19-10(11,12)13/h6H,4-5H2,1-3H3,(H,16,17)(H2,14,15,18)/t6-/m1/s1. The lowest BCUT2D eigenvalue weighted by molar-refractivity contribution is -0.141. The third kappa shape index (κ3) is 8.57. The van der Waals surface area contributed by atoms with Gasteiger partial charge in [0.15, 0.2) is 0 Å². The van der Waals surface area contributed by atoms with E-state index in [4.69, 9.17) is 5.11 Å². The summed E-state index contributed by atoms with van der Waals surface area (Å²) in [6.45, 7) is 4.69. The SMILES string of the molecule is CC(C)(C)[C@H](NC(=O)NCCSC(F)(F)F)C(=O)O. The molecule has 0 saturated carbocycles. The van der Waals surface area contributed by atoms with Crippen LogP contribution in [0, 0.1) is 5.41 Å². The van der Waals surface area contributed by atoms with Gasteiger partial charge in [-0.3, -0.25) is 0 Å². The van der Waals surface area contributed by atoms with Crippen molar-refractivity contribution >= 4 is 23.8 Å². The Morgan fingerprint density at radius 1 is 1.26 bits per heavy atom. The number of aliphatic carboxylic acids is 1. The number of carboxylic acids is 1. The molecule has 0 aromatic heterocycles. The van der Waals surface area contributed by atoms with Crippen LogP contribution in [0.5, 0.6) is 0 Å². The lowest BCUT2D eigenvalue weighted by Crippen LogP contribution is -2.52. The van der Waals surface area contributed by atoms with Crippen molar-refractivity contribution in [3.63, 3.8) is 0 Å². The zero-order valence-corrected chi connectivity index (χ0v) is 11.6. The minimum absolute atomic E-state index is 0.202. The van der Waals surface area contributed by atoms with Crippen LogP contribution in [0.3, 0.4) is 0 Å². The van der Waals surface area contributed by atoms with E-state index < -0.39 is 29.0 Å². The van der Waals surface area contributed by atoms with Crippen molar-refractivity contribution in [2.75, 3.05) is 12.3 Å². The van der Waals surface area contributed by atoms with Crippen LogP contribution in [0.4, 0.5) is 18.0 Å². The Balaban J connectivity index is 4.13. The number of hydrogen-bond donors (Lipinski definition) is 3. The number of urea groups is 1. The van der Waals surface area contributed by atoms with E-state index >= 15 is 0 Å². The van der Waals surface area contributed by atoms with Crippen molar-refractivity contribution < 1.29 is 27.9 Å². The zero-order chi connectivity index (χ0) is 15.3. The quantitative estimate of drug-likeness (QED) is 0.679. The molecule has 19 heavy (non-hydrogen) atoms. The first-order chi connectivity index (χ1) is 8.43. The molecular formula is C10H17F3N2O3S. The summed E-state index contributed by atoms with van der Waals surface area (Å²) < 4.78 is 35.4. The van der Waals surface area contributed by atoms with Crippen molar-refractivity contribution in [3.05, 3.63) is 0 Å².